The van der Waals surface area contributed by atoms with Gasteiger partial charge in [-0.25, -0.2) is 19.9 Å². The summed E-state index contributed by atoms with van der Waals surface area (Å²) in [6.07, 6.45) is 11.0. The Labute approximate surface area is 121 Å². The Kier molecular flexibility index (Phi) is 2.88. The third-order valence-electron chi connectivity index (χ3n) is 3.71. The molecule has 21 heavy (non-hydrogen) atoms. The highest BCUT2D eigenvalue weighted by molar-refractivity contribution is 5.64. The molecule has 3 aromatic rings. The number of nitrogens with zero attached hydrogens (tertiary/aromatic N) is 7. The van der Waals surface area contributed by atoms with Crippen LogP contribution in [0.2, 0.25) is 0 Å². The molecule has 7 heteroatoms. The van der Waals surface area contributed by atoms with Gasteiger partial charge in [0.1, 0.15) is 0 Å². The first-order valence-electron chi connectivity index (χ1n) is 6.96. The summed E-state index contributed by atoms with van der Waals surface area (Å²) < 4.78 is 2.00. The molecule has 7 nitrogen and oxygen atoms in total. The molecule has 4 heterocycles. The second-order valence-electron chi connectivity index (χ2n) is 4.93. The molecule has 1 saturated heterocycles. The molecule has 1 fully saturated rings. The summed E-state index contributed by atoms with van der Waals surface area (Å²) >= 11 is 0. The minimum Gasteiger partial charge on any atom is -0.350 e. The van der Waals surface area contributed by atoms with Crippen molar-refractivity contribution in [3.8, 4) is 0 Å². The molecule has 0 aliphatic carbocycles. The molecular weight excluding hydrogens is 266 g/mol. The van der Waals surface area contributed by atoms with Gasteiger partial charge >= 0.3 is 0 Å². The van der Waals surface area contributed by atoms with Crippen molar-refractivity contribution in [3.63, 3.8) is 0 Å². The van der Waals surface area contributed by atoms with Gasteiger partial charge in [-0.3, -0.25) is 0 Å². The molecule has 0 atom stereocenters. The van der Waals surface area contributed by atoms with E-state index in [-0.39, 0.29) is 0 Å². The van der Waals surface area contributed by atoms with Crippen LogP contribution in [0.25, 0.3) is 5.65 Å². The van der Waals surface area contributed by atoms with Crippen molar-refractivity contribution in [3.05, 3.63) is 43.2 Å². The molecule has 3 aromatic heterocycles. The topological polar surface area (TPSA) is 62.5 Å². The first-order chi connectivity index (χ1) is 10.4. The molecule has 0 radical (unpaired) electrons. The SMILES string of the molecule is c1cnc(N2CCN(c3nccn4ccnc34)CC2)nc1. The largest absolute Gasteiger partial charge is 0.350 e. The Bertz CT molecular complexity index is 731. The highest BCUT2D eigenvalue weighted by Gasteiger charge is 2.21. The lowest BCUT2D eigenvalue weighted by Gasteiger charge is -2.35. The number of imidazole rings is 1. The molecule has 106 valence electrons. The number of rotatable bonds is 2. The second kappa shape index (κ2) is 5.01. The number of aromatic nitrogens is 5. The van der Waals surface area contributed by atoms with E-state index >= 15 is 0 Å². The van der Waals surface area contributed by atoms with Gasteiger partial charge in [-0.05, 0) is 6.07 Å². The maximum absolute atomic E-state index is 4.49. The first kappa shape index (κ1) is 12.1. The van der Waals surface area contributed by atoms with E-state index in [1.807, 2.05) is 29.1 Å². The van der Waals surface area contributed by atoms with E-state index < -0.39 is 0 Å². The van der Waals surface area contributed by atoms with E-state index in [9.17, 15) is 0 Å². The van der Waals surface area contributed by atoms with Crippen LogP contribution in [0.15, 0.2) is 43.2 Å². The summed E-state index contributed by atoms with van der Waals surface area (Å²) in [5.41, 5.74) is 0.905. The Morgan fingerprint density at radius 2 is 1.38 bits per heavy atom. The van der Waals surface area contributed by atoms with Crippen LogP contribution in [0.4, 0.5) is 11.8 Å². The van der Waals surface area contributed by atoms with Crippen LogP contribution in [0.5, 0.6) is 0 Å². The van der Waals surface area contributed by atoms with Crippen LogP contribution in [0, 0.1) is 0 Å². The molecule has 0 spiro atoms. The van der Waals surface area contributed by atoms with E-state index in [1.165, 1.54) is 0 Å². The zero-order valence-corrected chi connectivity index (χ0v) is 11.5. The maximum atomic E-state index is 4.49. The van der Waals surface area contributed by atoms with Gasteiger partial charge < -0.3 is 14.2 Å². The minimum absolute atomic E-state index is 0.795. The van der Waals surface area contributed by atoms with Gasteiger partial charge in [-0.15, -0.1) is 0 Å². The van der Waals surface area contributed by atoms with Crippen molar-refractivity contribution in [2.75, 3.05) is 36.0 Å². The highest BCUT2D eigenvalue weighted by atomic mass is 15.3. The van der Waals surface area contributed by atoms with Crippen molar-refractivity contribution in [1.29, 1.82) is 0 Å². The van der Waals surface area contributed by atoms with Crippen molar-refractivity contribution in [2.45, 2.75) is 0 Å². The number of piperazine rings is 1. The van der Waals surface area contributed by atoms with Crippen LogP contribution >= 0.6 is 0 Å². The lowest BCUT2D eigenvalue weighted by molar-refractivity contribution is 0.635. The lowest BCUT2D eigenvalue weighted by Crippen LogP contribution is -2.47. The number of fused-ring (bicyclic) bond motifs is 1. The van der Waals surface area contributed by atoms with Gasteiger partial charge in [-0.2, -0.15) is 0 Å². The van der Waals surface area contributed by atoms with E-state index in [1.54, 1.807) is 18.6 Å². The van der Waals surface area contributed by atoms with Gasteiger partial charge in [0, 0.05) is 63.4 Å². The number of anilines is 2. The fourth-order valence-corrected chi connectivity index (χ4v) is 2.64. The Morgan fingerprint density at radius 3 is 2.14 bits per heavy atom. The van der Waals surface area contributed by atoms with Gasteiger partial charge in [-0.1, -0.05) is 0 Å². The van der Waals surface area contributed by atoms with Crippen molar-refractivity contribution in [1.82, 2.24) is 24.3 Å². The standard InChI is InChI=1S/C14H15N7/c1-2-17-14(18-3-1)21-10-8-20(9-11-21)13-12-15-4-6-19(12)7-5-16-13/h1-7H,8-11H2. The number of hydrogen-bond donors (Lipinski definition) is 0. The fraction of sp³-hybridized carbons (Fsp3) is 0.286. The quantitative estimate of drug-likeness (QED) is 0.694. The van der Waals surface area contributed by atoms with Crippen LogP contribution in [-0.4, -0.2) is 50.5 Å². The molecule has 0 saturated carbocycles. The Hall–Kier alpha value is -2.70. The second-order valence-corrected chi connectivity index (χ2v) is 4.93. The fourth-order valence-electron chi connectivity index (χ4n) is 2.64. The van der Waals surface area contributed by atoms with E-state index in [2.05, 4.69) is 29.7 Å². The van der Waals surface area contributed by atoms with Crippen LogP contribution in [-0.2, 0) is 0 Å². The monoisotopic (exact) mass is 281 g/mol. The van der Waals surface area contributed by atoms with E-state index in [4.69, 9.17) is 0 Å². The molecule has 1 aliphatic heterocycles. The first-order valence-corrected chi connectivity index (χ1v) is 6.96. The van der Waals surface area contributed by atoms with Gasteiger partial charge in [0.05, 0.1) is 0 Å². The predicted octanol–water partition coefficient (Wildman–Crippen LogP) is 0.846. The van der Waals surface area contributed by atoms with E-state index in [0.29, 0.717) is 0 Å². The molecule has 0 bridgehead atoms. The average Bonchev–Trinajstić information content (AvgIpc) is 3.04. The van der Waals surface area contributed by atoms with Crippen LogP contribution < -0.4 is 9.80 Å². The molecule has 0 unspecified atom stereocenters. The zero-order valence-electron chi connectivity index (χ0n) is 11.5. The molecule has 0 amide bonds. The van der Waals surface area contributed by atoms with Crippen LogP contribution in [0.1, 0.15) is 0 Å². The molecular formula is C14H15N7. The Morgan fingerprint density at radius 1 is 0.714 bits per heavy atom. The summed E-state index contributed by atoms with van der Waals surface area (Å²) in [4.78, 5) is 22.0. The van der Waals surface area contributed by atoms with Gasteiger partial charge in [0.15, 0.2) is 11.5 Å². The van der Waals surface area contributed by atoms with Gasteiger partial charge in [0.2, 0.25) is 5.95 Å². The maximum Gasteiger partial charge on any atom is 0.225 e. The predicted molar refractivity (Wildman–Crippen MR) is 79.4 cm³/mol. The Balaban J connectivity index is 1.54. The number of hydrogen-bond acceptors (Lipinski definition) is 6. The lowest BCUT2D eigenvalue weighted by atomic mass is 10.3. The smallest absolute Gasteiger partial charge is 0.225 e. The molecule has 1 aliphatic rings. The normalized spacial score (nSPS) is 15.6. The summed E-state index contributed by atoms with van der Waals surface area (Å²) in [6, 6.07) is 1.84. The van der Waals surface area contributed by atoms with Crippen molar-refractivity contribution >= 4 is 17.4 Å². The van der Waals surface area contributed by atoms with Crippen molar-refractivity contribution in [2.24, 2.45) is 0 Å². The summed E-state index contributed by atoms with van der Waals surface area (Å²) in [5.74, 6) is 1.74. The summed E-state index contributed by atoms with van der Waals surface area (Å²) in [5, 5.41) is 0. The highest BCUT2D eigenvalue weighted by Crippen LogP contribution is 2.19. The summed E-state index contributed by atoms with van der Waals surface area (Å²) in [7, 11) is 0. The van der Waals surface area contributed by atoms with Gasteiger partial charge in [0.25, 0.3) is 0 Å². The zero-order chi connectivity index (χ0) is 14.1. The third kappa shape index (κ3) is 2.16. The molecule has 0 aromatic carbocycles. The van der Waals surface area contributed by atoms with Crippen molar-refractivity contribution < 1.29 is 0 Å². The molecule has 0 N–H and O–H groups in total. The minimum atomic E-state index is 0.795. The molecule has 4 rings (SSSR count). The van der Waals surface area contributed by atoms with Crippen LogP contribution in [0.3, 0.4) is 0 Å². The summed E-state index contributed by atoms with van der Waals surface area (Å²) in [6.45, 7) is 3.54. The van der Waals surface area contributed by atoms with E-state index in [0.717, 1.165) is 43.6 Å². The average molecular weight is 281 g/mol. The third-order valence-corrected chi connectivity index (χ3v) is 3.71.